The second kappa shape index (κ2) is 15.5. The van der Waals surface area contributed by atoms with E-state index in [0.29, 0.717) is 19.4 Å². The fourth-order valence-corrected chi connectivity index (χ4v) is 5.56. The van der Waals surface area contributed by atoms with E-state index in [2.05, 4.69) is 21.0 Å². The van der Waals surface area contributed by atoms with Gasteiger partial charge in [-0.05, 0) is 80.0 Å². The molecule has 0 spiro atoms. The highest BCUT2D eigenvalue weighted by atomic mass is 35.6. The van der Waals surface area contributed by atoms with Crippen LogP contribution in [0.25, 0.3) is 16.8 Å². The van der Waals surface area contributed by atoms with Crippen molar-refractivity contribution < 1.29 is 29.0 Å². The number of carbonyl (C=O) groups is 4. The average Bonchev–Trinajstić information content (AvgIpc) is 3.79. The first-order valence-corrected chi connectivity index (χ1v) is 16.9. The molecule has 4 atom stereocenters. The van der Waals surface area contributed by atoms with Gasteiger partial charge in [0.1, 0.15) is 24.7 Å². The van der Waals surface area contributed by atoms with Gasteiger partial charge in [-0.1, -0.05) is 66.9 Å². The van der Waals surface area contributed by atoms with E-state index in [-0.39, 0.29) is 23.7 Å². The van der Waals surface area contributed by atoms with Crippen molar-refractivity contribution in [2.45, 2.75) is 87.8 Å². The summed E-state index contributed by atoms with van der Waals surface area (Å²) in [6, 6.07) is 5.10. The molecule has 4 N–H and O–H groups in total. The molecule has 11 nitrogen and oxygen atoms in total. The fraction of sp³-hybridized carbons (Fsp3) is 0.545. The summed E-state index contributed by atoms with van der Waals surface area (Å²) in [5, 5.41) is 18.7. The highest BCUT2D eigenvalue weighted by Crippen LogP contribution is 2.50. The van der Waals surface area contributed by atoms with Gasteiger partial charge in [0, 0.05) is 24.5 Å². The lowest BCUT2D eigenvalue weighted by molar-refractivity contribution is -0.152. The summed E-state index contributed by atoms with van der Waals surface area (Å²) < 4.78 is 3.28. The van der Waals surface area contributed by atoms with Crippen LogP contribution in [0.2, 0.25) is 0 Å². The monoisotopic (exact) mass is 709 g/mol. The third-order valence-electron chi connectivity index (χ3n) is 8.37. The molecule has 1 saturated carbocycles. The molecule has 1 aliphatic carbocycles. The van der Waals surface area contributed by atoms with Crippen LogP contribution in [0.1, 0.15) is 77.2 Å². The Labute approximate surface area is 289 Å². The maximum Gasteiger partial charge on any atom is 0.325 e. The number of hydrazine groups is 1. The molecule has 1 aliphatic heterocycles. The van der Waals surface area contributed by atoms with E-state index in [1.165, 1.54) is 5.01 Å². The summed E-state index contributed by atoms with van der Waals surface area (Å²) in [5.74, 6) is -2.09. The van der Waals surface area contributed by atoms with Crippen molar-refractivity contribution in [3.63, 3.8) is 0 Å². The van der Waals surface area contributed by atoms with Gasteiger partial charge >= 0.3 is 5.97 Å². The van der Waals surface area contributed by atoms with Gasteiger partial charge in [-0.3, -0.25) is 29.2 Å². The molecule has 4 rings (SSSR count). The van der Waals surface area contributed by atoms with Crippen LogP contribution in [0.4, 0.5) is 0 Å². The second-order valence-corrected chi connectivity index (χ2v) is 15.3. The number of nitrogens with zero attached hydrogens (tertiary/aromatic N) is 2. The fourth-order valence-electron chi connectivity index (χ4n) is 5.40. The average molecular weight is 711 g/mol. The van der Waals surface area contributed by atoms with Crippen molar-refractivity contribution in [1.82, 2.24) is 26.1 Å². The third-order valence-corrected chi connectivity index (χ3v) is 8.70. The van der Waals surface area contributed by atoms with Crippen molar-refractivity contribution >= 4 is 75.3 Å². The van der Waals surface area contributed by atoms with Crippen LogP contribution >= 0.6 is 34.8 Å². The molecule has 0 radical (unpaired) electrons. The highest BCUT2D eigenvalue weighted by Gasteiger charge is 2.42. The van der Waals surface area contributed by atoms with Crippen molar-refractivity contribution in [1.29, 1.82) is 0 Å². The smallest absolute Gasteiger partial charge is 0.325 e. The van der Waals surface area contributed by atoms with Crippen LogP contribution in [-0.4, -0.2) is 73.9 Å². The zero-order valence-electron chi connectivity index (χ0n) is 26.9. The molecule has 47 heavy (non-hydrogen) atoms. The minimum absolute atomic E-state index is 0.210. The number of hydrogen-bond donors (Lipinski definition) is 4. The number of aliphatic hydroxyl groups excluding tert-OH is 1. The summed E-state index contributed by atoms with van der Waals surface area (Å²) in [6.45, 7) is 6.80. The Kier molecular flexibility index (Phi) is 12.2. The minimum Gasteiger partial charge on any atom is -0.460 e. The van der Waals surface area contributed by atoms with Gasteiger partial charge in [0.15, 0.2) is 0 Å². The van der Waals surface area contributed by atoms with E-state index in [1.807, 2.05) is 50.3 Å². The SMILES string of the molecule is CC(C)[C@H](NC(=O)CC1(/C=C/c2cc3cc([C@@H](C)O)ccc3cn2)CC1)C(=O)N[C@@H](C)C(=O)N1CCC[C@@H](C(=O)OCC(Cl)(Cl)Cl)N1. The number of benzene rings is 1. The highest BCUT2D eigenvalue weighted by molar-refractivity contribution is 6.67. The summed E-state index contributed by atoms with van der Waals surface area (Å²) in [7, 11) is 0. The molecule has 2 heterocycles. The molecule has 1 aromatic carbocycles. The Balaban J connectivity index is 1.31. The van der Waals surface area contributed by atoms with Gasteiger partial charge in [-0.2, -0.15) is 0 Å². The van der Waals surface area contributed by atoms with Crippen molar-refractivity contribution in [3.8, 4) is 0 Å². The van der Waals surface area contributed by atoms with Gasteiger partial charge in [-0.15, -0.1) is 0 Å². The number of aliphatic hydroxyl groups is 1. The molecule has 14 heteroatoms. The van der Waals surface area contributed by atoms with Crippen LogP contribution < -0.4 is 16.1 Å². The molecule has 2 aliphatic rings. The molecule has 2 aromatic rings. The number of allylic oxidation sites excluding steroid dienone is 1. The van der Waals surface area contributed by atoms with E-state index < -0.39 is 52.4 Å². The largest absolute Gasteiger partial charge is 0.460 e. The van der Waals surface area contributed by atoms with Gasteiger partial charge in [0.05, 0.1) is 11.8 Å². The number of alkyl halides is 3. The Morgan fingerprint density at radius 3 is 2.49 bits per heavy atom. The lowest BCUT2D eigenvalue weighted by Crippen LogP contribution is -2.61. The van der Waals surface area contributed by atoms with Crippen LogP contribution in [0.15, 0.2) is 36.5 Å². The number of pyridine rings is 1. The first-order valence-electron chi connectivity index (χ1n) is 15.7. The van der Waals surface area contributed by atoms with Crippen LogP contribution in [0.3, 0.4) is 0 Å². The summed E-state index contributed by atoms with van der Waals surface area (Å²) in [4.78, 5) is 56.5. The van der Waals surface area contributed by atoms with Crippen LogP contribution in [0, 0.1) is 11.3 Å². The number of aromatic nitrogens is 1. The number of rotatable bonds is 12. The van der Waals surface area contributed by atoms with E-state index in [1.54, 1.807) is 20.0 Å². The van der Waals surface area contributed by atoms with E-state index in [9.17, 15) is 24.3 Å². The number of hydrogen-bond acceptors (Lipinski definition) is 8. The zero-order valence-corrected chi connectivity index (χ0v) is 29.2. The molecular weight excluding hydrogens is 669 g/mol. The van der Waals surface area contributed by atoms with E-state index in [0.717, 1.165) is 34.9 Å². The maximum absolute atomic E-state index is 13.3. The van der Waals surface area contributed by atoms with Gasteiger partial charge in [-0.25, -0.2) is 5.43 Å². The Morgan fingerprint density at radius 1 is 1.13 bits per heavy atom. The number of nitrogens with one attached hydrogen (secondary N) is 3. The molecule has 0 bridgehead atoms. The predicted molar refractivity (Wildman–Crippen MR) is 181 cm³/mol. The predicted octanol–water partition coefficient (Wildman–Crippen LogP) is 4.53. The lowest BCUT2D eigenvalue weighted by Gasteiger charge is -2.34. The number of fused-ring (bicyclic) bond motifs is 1. The van der Waals surface area contributed by atoms with Crippen molar-refractivity contribution in [2.75, 3.05) is 13.2 Å². The zero-order chi connectivity index (χ0) is 34.5. The molecular formula is C33H42Cl3N5O6. The van der Waals surface area contributed by atoms with Gasteiger partial charge in [0.2, 0.25) is 15.6 Å². The molecule has 1 saturated heterocycles. The summed E-state index contributed by atoms with van der Waals surface area (Å²) in [5.41, 5.74) is 4.09. The number of carbonyl (C=O) groups excluding carboxylic acids is 4. The summed E-state index contributed by atoms with van der Waals surface area (Å²) in [6.07, 6.45) is 7.96. The maximum atomic E-state index is 13.3. The van der Waals surface area contributed by atoms with Gasteiger partial charge < -0.3 is 20.5 Å². The minimum atomic E-state index is -1.75. The Bertz CT molecular complexity index is 1510. The standard InChI is InChI=1S/C33H42Cl3N5O6/c1-19(2)28(29(44)38-20(3)30(45)41-13-5-6-26(40-41)31(46)47-18-33(34,35)36)39-27(43)16-32(11-12-32)10-9-25-15-24-14-22(21(4)42)7-8-23(24)17-37-25/h7-10,14-15,17,19-21,26,28,40,42H,5-6,11-13,16,18H2,1-4H3,(H,38,44)(H,39,43)/b10-9+/t20-,21+,26-,28-/m0/s1. The number of ether oxygens (including phenoxy) is 1. The first-order chi connectivity index (χ1) is 22.1. The third kappa shape index (κ3) is 10.5. The summed E-state index contributed by atoms with van der Waals surface area (Å²) >= 11 is 17.0. The first kappa shape index (κ1) is 36.9. The molecule has 256 valence electrons. The topological polar surface area (TPSA) is 150 Å². The van der Waals surface area contributed by atoms with E-state index in [4.69, 9.17) is 39.5 Å². The molecule has 2 fully saturated rings. The van der Waals surface area contributed by atoms with Crippen molar-refractivity contribution in [3.05, 3.63) is 47.8 Å². The molecule has 1 aromatic heterocycles. The number of amides is 3. The molecule has 0 unspecified atom stereocenters. The number of esters is 1. The lowest BCUT2D eigenvalue weighted by atomic mass is 9.98. The number of halogens is 3. The quantitative estimate of drug-likeness (QED) is 0.186. The Hall–Kier alpha value is -2.96. The Morgan fingerprint density at radius 2 is 1.85 bits per heavy atom. The second-order valence-electron chi connectivity index (χ2n) is 12.8. The van der Waals surface area contributed by atoms with Crippen LogP contribution in [-0.2, 0) is 23.9 Å². The van der Waals surface area contributed by atoms with Crippen LogP contribution in [0.5, 0.6) is 0 Å². The van der Waals surface area contributed by atoms with Gasteiger partial charge in [0.25, 0.3) is 5.91 Å². The van der Waals surface area contributed by atoms with E-state index >= 15 is 0 Å². The van der Waals surface area contributed by atoms with Crippen molar-refractivity contribution in [2.24, 2.45) is 11.3 Å². The molecule has 3 amide bonds. The normalized spacial score (nSPS) is 19.7.